The third kappa shape index (κ3) is 2.29. The minimum absolute atomic E-state index is 0.490. The number of hydrogen-bond donors (Lipinski definition) is 1. The summed E-state index contributed by atoms with van der Waals surface area (Å²) < 4.78 is 0. The van der Waals surface area contributed by atoms with Gasteiger partial charge in [-0.25, -0.2) is 0 Å². The van der Waals surface area contributed by atoms with Crippen LogP contribution in [0.4, 0.5) is 0 Å². The van der Waals surface area contributed by atoms with Gasteiger partial charge in [-0.1, -0.05) is 23.7 Å². The van der Waals surface area contributed by atoms with Gasteiger partial charge >= 0.3 is 0 Å². The Balaban J connectivity index is 1.82. The SMILES string of the molecule is CN1CC(CN)CC1c1ccc(C2CC2)c(Cl)c1. The molecule has 2 N–H and O–H groups in total. The van der Waals surface area contributed by atoms with Crippen LogP contribution in [0, 0.1) is 5.92 Å². The van der Waals surface area contributed by atoms with Gasteiger partial charge in [-0.05, 0) is 61.9 Å². The molecule has 1 aliphatic heterocycles. The predicted molar refractivity (Wildman–Crippen MR) is 76.0 cm³/mol. The molecule has 1 aromatic carbocycles. The number of benzene rings is 1. The summed E-state index contributed by atoms with van der Waals surface area (Å²) in [5.74, 6) is 1.35. The van der Waals surface area contributed by atoms with Crippen LogP contribution >= 0.6 is 11.6 Å². The molecule has 0 aromatic heterocycles. The van der Waals surface area contributed by atoms with Gasteiger partial charge in [0.1, 0.15) is 0 Å². The van der Waals surface area contributed by atoms with E-state index in [0.717, 1.165) is 30.5 Å². The van der Waals surface area contributed by atoms with E-state index in [4.69, 9.17) is 17.3 Å². The fourth-order valence-corrected chi connectivity index (χ4v) is 3.49. The third-order valence-electron chi connectivity index (χ3n) is 4.39. The first kappa shape index (κ1) is 12.5. The Kier molecular flexibility index (Phi) is 3.35. The molecule has 2 atom stereocenters. The fraction of sp³-hybridized carbons (Fsp3) is 0.600. The Morgan fingerprint density at radius 2 is 2.17 bits per heavy atom. The molecule has 98 valence electrons. The lowest BCUT2D eigenvalue weighted by Gasteiger charge is -2.20. The molecule has 2 unspecified atom stereocenters. The lowest BCUT2D eigenvalue weighted by Crippen LogP contribution is -2.20. The van der Waals surface area contributed by atoms with Crippen molar-refractivity contribution in [2.24, 2.45) is 11.7 Å². The molecule has 2 aliphatic rings. The van der Waals surface area contributed by atoms with Crippen molar-refractivity contribution >= 4 is 11.6 Å². The van der Waals surface area contributed by atoms with E-state index < -0.39 is 0 Å². The number of nitrogens with zero attached hydrogens (tertiary/aromatic N) is 1. The van der Waals surface area contributed by atoms with E-state index in [9.17, 15) is 0 Å². The van der Waals surface area contributed by atoms with Crippen molar-refractivity contribution in [3.63, 3.8) is 0 Å². The van der Waals surface area contributed by atoms with Crippen molar-refractivity contribution in [2.45, 2.75) is 31.2 Å². The molecule has 1 heterocycles. The summed E-state index contributed by atoms with van der Waals surface area (Å²) in [7, 11) is 2.18. The molecule has 0 radical (unpaired) electrons. The van der Waals surface area contributed by atoms with Crippen LogP contribution in [0.2, 0.25) is 5.02 Å². The van der Waals surface area contributed by atoms with Crippen molar-refractivity contribution in [1.82, 2.24) is 4.90 Å². The van der Waals surface area contributed by atoms with E-state index in [1.165, 1.54) is 24.0 Å². The molecule has 2 nitrogen and oxygen atoms in total. The summed E-state index contributed by atoms with van der Waals surface area (Å²) in [6.07, 6.45) is 3.77. The van der Waals surface area contributed by atoms with E-state index in [1.807, 2.05) is 0 Å². The van der Waals surface area contributed by atoms with Gasteiger partial charge in [0.05, 0.1) is 0 Å². The smallest absolute Gasteiger partial charge is 0.0444 e. The molecule has 1 saturated carbocycles. The Morgan fingerprint density at radius 1 is 1.39 bits per heavy atom. The maximum Gasteiger partial charge on any atom is 0.0444 e. The predicted octanol–water partition coefficient (Wildman–Crippen LogP) is 3.17. The lowest BCUT2D eigenvalue weighted by molar-refractivity contribution is 0.313. The number of likely N-dealkylation sites (tertiary alicyclic amines) is 1. The average molecular weight is 265 g/mol. The van der Waals surface area contributed by atoms with Gasteiger partial charge in [0, 0.05) is 17.6 Å². The van der Waals surface area contributed by atoms with Gasteiger partial charge in [0.15, 0.2) is 0 Å². The monoisotopic (exact) mass is 264 g/mol. The first-order valence-electron chi connectivity index (χ1n) is 6.88. The van der Waals surface area contributed by atoms with Crippen molar-refractivity contribution in [2.75, 3.05) is 20.1 Å². The maximum absolute atomic E-state index is 6.42. The minimum Gasteiger partial charge on any atom is -0.330 e. The van der Waals surface area contributed by atoms with E-state index in [-0.39, 0.29) is 0 Å². The van der Waals surface area contributed by atoms with Gasteiger partial charge in [-0.15, -0.1) is 0 Å². The first-order chi connectivity index (χ1) is 8.69. The minimum atomic E-state index is 0.490. The van der Waals surface area contributed by atoms with Crippen LogP contribution < -0.4 is 5.73 Å². The van der Waals surface area contributed by atoms with Crippen molar-refractivity contribution in [1.29, 1.82) is 0 Å². The van der Waals surface area contributed by atoms with Crippen LogP contribution in [0.5, 0.6) is 0 Å². The van der Waals surface area contributed by atoms with Crippen LogP contribution in [-0.4, -0.2) is 25.0 Å². The normalized spacial score (nSPS) is 28.8. The quantitative estimate of drug-likeness (QED) is 0.909. The third-order valence-corrected chi connectivity index (χ3v) is 4.72. The Morgan fingerprint density at radius 3 is 2.72 bits per heavy atom. The van der Waals surface area contributed by atoms with Crippen LogP contribution in [-0.2, 0) is 0 Å². The number of nitrogens with two attached hydrogens (primary N) is 1. The summed E-state index contributed by atoms with van der Waals surface area (Å²) in [5, 5.41) is 0.958. The van der Waals surface area contributed by atoms with E-state index in [2.05, 4.69) is 30.1 Å². The standard InChI is InChI=1S/C15H21ClN2/c1-18-9-10(8-17)6-15(18)12-4-5-13(11-2-3-11)14(16)7-12/h4-5,7,10-11,15H,2-3,6,8-9,17H2,1H3. The fourth-order valence-electron chi connectivity index (χ4n) is 3.14. The summed E-state index contributed by atoms with van der Waals surface area (Å²) in [6.45, 7) is 1.89. The maximum atomic E-state index is 6.42. The Labute approximate surface area is 114 Å². The summed E-state index contributed by atoms with van der Waals surface area (Å²) in [4.78, 5) is 2.40. The van der Waals surface area contributed by atoms with Crippen LogP contribution in [0.25, 0.3) is 0 Å². The topological polar surface area (TPSA) is 29.3 Å². The van der Waals surface area contributed by atoms with Crippen LogP contribution in [0.1, 0.15) is 42.3 Å². The zero-order valence-electron chi connectivity index (χ0n) is 10.9. The van der Waals surface area contributed by atoms with Crippen LogP contribution in [0.3, 0.4) is 0 Å². The lowest BCUT2D eigenvalue weighted by atomic mass is 9.98. The molecule has 1 saturated heterocycles. The van der Waals surface area contributed by atoms with Crippen molar-refractivity contribution in [3.05, 3.63) is 34.3 Å². The Bertz CT molecular complexity index is 442. The molecule has 0 amide bonds. The second kappa shape index (κ2) is 4.84. The second-order valence-corrected chi connectivity index (χ2v) is 6.26. The molecular formula is C15H21ClN2. The largest absolute Gasteiger partial charge is 0.330 e. The van der Waals surface area contributed by atoms with E-state index >= 15 is 0 Å². The summed E-state index contributed by atoms with van der Waals surface area (Å²) in [5.41, 5.74) is 8.48. The van der Waals surface area contributed by atoms with Gasteiger partial charge in [-0.2, -0.15) is 0 Å². The van der Waals surface area contributed by atoms with Crippen molar-refractivity contribution in [3.8, 4) is 0 Å². The number of rotatable bonds is 3. The summed E-state index contributed by atoms with van der Waals surface area (Å²) >= 11 is 6.42. The molecule has 1 aromatic rings. The molecular weight excluding hydrogens is 244 g/mol. The van der Waals surface area contributed by atoms with Gasteiger partial charge < -0.3 is 5.73 Å². The molecule has 0 bridgehead atoms. The number of hydrogen-bond acceptors (Lipinski definition) is 2. The summed E-state index contributed by atoms with van der Waals surface area (Å²) in [6, 6.07) is 7.16. The van der Waals surface area contributed by atoms with E-state index in [0.29, 0.717) is 12.0 Å². The van der Waals surface area contributed by atoms with Gasteiger partial charge in [0.2, 0.25) is 0 Å². The highest BCUT2D eigenvalue weighted by Crippen LogP contribution is 2.44. The highest BCUT2D eigenvalue weighted by atomic mass is 35.5. The second-order valence-electron chi connectivity index (χ2n) is 5.85. The molecule has 1 aliphatic carbocycles. The van der Waals surface area contributed by atoms with Gasteiger partial charge in [-0.3, -0.25) is 4.90 Å². The van der Waals surface area contributed by atoms with Crippen molar-refractivity contribution < 1.29 is 0 Å². The molecule has 3 rings (SSSR count). The first-order valence-corrected chi connectivity index (χ1v) is 7.26. The Hall–Kier alpha value is -0.570. The van der Waals surface area contributed by atoms with Crippen LogP contribution in [0.15, 0.2) is 18.2 Å². The molecule has 2 fully saturated rings. The number of halogens is 1. The zero-order chi connectivity index (χ0) is 12.7. The average Bonchev–Trinajstić information content (AvgIpc) is 3.12. The van der Waals surface area contributed by atoms with E-state index in [1.54, 1.807) is 0 Å². The molecule has 3 heteroatoms. The highest BCUT2D eigenvalue weighted by molar-refractivity contribution is 6.31. The highest BCUT2D eigenvalue weighted by Gasteiger charge is 2.31. The molecule has 0 spiro atoms. The van der Waals surface area contributed by atoms with Gasteiger partial charge in [0.25, 0.3) is 0 Å². The zero-order valence-corrected chi connectivity index (χ0v) is 11.7. The molecule has 18 heavy (non-hydrogen) atoms.